The van der Waals surface area contributed by atoms with E-state index in [9.17, 15) is 50.0 Å². The molecule has 1 fully saturated rings. The molecule has 6 atom stereocenters. The van der Waals surface area contributed by atoms with E-state index < -0.39 is 97.6 Å². The number of ketones is 2. The summed E-state index contributed by atoms with van der Waals surface area (Å²) >= 11 is 0. The lowest BCUT2D eigenvalue weighted by Gasteiger charge is -2.53. The lowest BCUT2D eigenvalue weighted by Crippen LogP contribution is -2.70. The van der Waals surface area contributed by atoms with Crippen LogP contribution in [0.1, 0.15) is 24.0 Å². The van der Waals surface area contributed by atoms with Gasteiger partial charge >= 0.3 is 5.69 Å². The third kappa shape index (κ3) is 2.89. The van der Waals surface area contributed by atoms with E-state index in [2.05, 4.69) is 0 Å². The molecule has 0 aromatic heterocycles. The van der Waals surface area contributed by atoms with Gasteiger partial charge in [0.25, 0.3) is 5.91 Å². The van der Waals surface area contributed by atoms with Gasteiger partial charge in [-0.2, -0.15) is 0 Å². The molecule has 0 bridgehead atoms. The number of hydrogen-bond acceptors (Lipinski definition) is 11. The Hall–Kier alpha value is -3.81. The topological polar surface area (TPSA) is 225 Å². The number of nitrogens with zero attached hydrogens (tertiary/aromatic N) is 2. The summed E-state index contributed by atoms with van der Waals surface area (Å²) in [6, 6.07) is 0.817. The largest absolute Gasteiger partial charge is 0.508 e. The van der Waals surface area contributed by atoms with E-state index in [0.717, 1.165) is 6.07 Å². The molecule has 13 heteroatoms. The molecule has 4 rings (SSSR count). The number of aliphatic hydroxyl groups is 4. The molecule has 3 aliphatic carbocycles. The summed E-state index contributed by atoms with van der Waals surface area (Å²) < 4.78 is 0. The number of rotatable bonds is 3. The van der Waals surface area contributed by atoms with Gasteiger partial charge in [0.05, 0.1) is 28.6 Å². The van der Waals surface area contributed by atoms with Crippen LogP contribution >= 0.6 is 0 Å². The predicted molar refractivity (Wildman–Crippen MR) is 117 cm³/mol. The van der Waals surface area contributed by atoms with Gasteiger partial charge in [-0.05, 0) is 25.6 Å². The van der Waals surface area contributed by atoms with Crippen molar-refractivity contribution in [2.24, 2.45) is 17.6 Å². The molecule has 1 saturated carbocycles. The van der Waals surface area contributed by atoms with Crippen LogP contribution in [-0.4, -0.2) is 84.7 Å². The second kappa shape index (κ2) is 7.60. The number of fused-ring (bicyclic) bond motifs is 3. The van der Waals surface area contributed by atoms with E-state index in [1.807, 2.05) is 0 Å². The number of aromatic hydroxyl groups is 1. The summed E-state index contributed by atoms with van der Waals surface area (Å²) in [4.78, 5) is 50.4. The molecule has 3 aliphatic rings. The first-order valence-electron chi connectivity index (χ1n) is 10.5. The molecule has 35 heavy (non-hydrogen) atoms. The minimum absolute atomic E-state index is 0.178. The molecule has 1 aromatic carbocycles. The fraction of sp³-hybridized carbons (Fsp3) is 0.409. The molecular formula is C22H23N3O10. The van der Waals surface area contributed by atoms with Crippen molar-refractivity contribution in [3.8, 4) is 5.75 Å². The van der Waals surface area contributed by atoms with Crippen molar-refractivity contribution in [2.45, 2.75) is 30.6 Å². The Morgan fingerprint density at radius 2 is 1.80 bits per heavy atom. The third-order valence-electron chi connectivity index (χ3n) is 7.30. The molecule has 186 valence electrons. The van der Waals surface area contributed by atoms with Gasteiger partial charge in [0.2, 0.25) is 11.5 Å². The van der Waals surface area contributed by atoms with E-state index in [4.69, 9.17) is 5.73 Å². The van der Waals surface area contributed by atoms with Crippen LogP contribution < -0.4 is 5.73 Å². The van der Waals surface area contributed by atoms with Crippen LogP contribution in [0.15, 0.2) is 29.0 Å². The number of Topliss-reactive ketones (excluding diaryl/α,β-unsaturated/α-hetero) is 2. The second-order valence-corrected chi connectivity index (χ2v) is 9.20. The quantitative estimate of drug-likeness (QED) is 0.179. The standard InChI is InChI=1S/C22H23N3O10/c1-6-7-4-5-8(25(34)35)15(26)10(7)16(27)11-9(6)17(28)13-14(24(2)3)18(29)12(21(23)32)20(31)22(13,33)19(11)30/h4-6,9,13-14,17,26-28,31,33H,1-3H3,(H2,23,32)/t6?,9?,13?,14-,17?,22?/m0/s1. The Kier molecular flexibility index (Phi) is 5.28. The Balaban J connectivity index is 2.07. The number of carbonyl (C=O) groups is 3. The fourth-order valence-corrected chi connectivity index (χ4v) is 5.75. The number of phenols is 1. The van der Waals surface area contributed by atoms with Crippen molar-refractivity contribution < 1.29 is 44.8 Å². The molecule has 5 unspecified atom stereocenters. The van der Waals surface area contributed by atoms with Crippen molar-refractivity contribution in [2.75, 3.05) is 14.1 Å². The van der Waals surface area contributed by atoms with Crippen LogP contribution in [0, 0.1) is 22.0 Å². The number of likely N-dealkylation sites (N-methyl/N-ethyl adjacent to an activating group) is 1. The SMILES string of the molecule is CC1c2ccc([N+](=O)[O-])c(O)c2C(O)=C2C(=O)C3(O)C(O)=C(C(N)=O)C(=O)[C@@H](N(C)C)C3C(O)C21. The van der Waals surface area contributed by atoms with Gasteiger partial charge in [0.15, 0.2) is 11.4 Å². The van der Waals surface area contributed by atoms with Gasteiger partial charge in [-0.15, -0.1) is 0 Å². The maximum atomic E-state index is 13.7. The van der Waals surface area contributed by atoms with E-state index in [0.29, 0.717) is 0 Å². The van der Waals surface area contributed by atoms with Crippen molar-refractivity contribution in [1.29, 1.82) is 0 Å². The number of aliphatic hydroxyl groups excluding tert-OH is 3. The molecule has 0 aliphatic heterocycles. The number of amides is 1. The van der Waals surface area contributed by atoms with Crippen LogP contribution in [0.4, 0.5) is 5.69 Å². The monoisotopic (exact) mass is 489 g/mol. The molecule has 0 radical (unpaired) electrons. The number of nitro benzene ring substituents is 1. The predicted octanol–water partition coefficient (Wildman–Crippen LogP) is -0.596. The van der Waals surface area contributed by atoms with Crippen LogP contribution in [0.3, 0.4) is 0 Å². The highest BCUT2D eigenvalue weighted by atomic mass is 16.6. The molecule has 0 saturated heterocycles. The number of benzene rings is 1. The number of nitro groups is 1. The van der Waals surface area contributed by atoms with Crippen molar-refractivity contribution in [1.82, 2.24) is 4.90 Å². The molecule has 13 nitrogen and oxygen atoms in total. The van der Waals surface area contributed by atoms with Crippen molar-refractivity contribution >= 4 is 28.9 Å². The van der Waals surface area contributed by atoms with Gasteiger partial charge in [0.1, 0.15) is 17.1 Å². The van der Waals surface area contributed by atoms with Gasteiger partial charge in [0, 0.05) is 17.6 Å². The number of nitrogens with two attached hydrogens (primary N) is 1. The zero-order chi connectivity index (χ0) is 26.3. The average Bonchev–Trinajstić information content (AvgIpc) is 2.75. The third-order valence-corrected chi connectivity index (χ3v) is 7.30. The summed E-state index contributed by atoms with van der Waals surface area (Å²) in [5.41, 5.74) is -0.450. The van der Waals surface area contributed by atoms with Crippen molar-refractivity contribution in [3.05, 3.63) is 50.3 Å². The van der Waals surface area contributed by atoms with Gasteiger partial charge in [-0.1, -0.05) is 13.0 Å². The summed E-state index contributed by atoms with van der Waals surface area (Å²) in [6.07, 6.45) is -1.73. The molecule has 7 N–H and O–H groups in total. The Labute approximate surface area is 197 Å². The highest BCUT2D eigenvalue weighted by Crippen LogP contribution is 2.56. The van der Waals surface area contributed by atoms with Crippen LogP contribution in [0.2, 0.25) is 0 Å². The lowest BCUT2D eigenvalue weighted by atomic mass is 9.54. The highest BCUT2D eigenvalue weighted by molar-refractivity contribution is 6.24. The van der Waals surface area contributed by atoms with E-state index in [1.165, 1.54) is 32.0 Å². The van der Waals surface area contributed by atoms with E-state index in [-0.39, 0.29) is 5.56 Å². The first-order valence-corrected chi connectivity index (χ1v) is 10.5. The summed E-state index contributed by atoms with van der Waals surface area (Å²) in [5, 5.41) is 66.6. The van der Waals surface area contributed by atoms with Crippen LogP contribution in [0.5, 0.6) is 5.75 Å². The van der Waals surface area contributed by atoms with Gasteiger partial charge in [-0.25, -0.2) is 0 Å². The first kappa shape index (κ1) is 24.3. The number of hydrogen-bond donors (Lipinski definition) is 6. The Morgan fingerprint density at radius 1 is 1.20 bits per heavy atom. The summed E-state index contributed by atoms with van der Waals surface area (Å²) in [6.45, 7) is 1.53. The number of primary amides is 1. The maximum absolute atomic E-state index is 13.7. The molecular weight excluding hydrogens is 466 g/mol. The lowest BCUT2D eigenvalue weighted by molar-refractivity contribution is -0.385. The first-order chi connectivity index (χ1) is 16.2. The number of carbonyl (C=O) groups excluding carboxylic acids is 3. The molecule has 1 aromatic rings. The van der Waals surface area contributed by atoms with E-state index >= 15 is 0 Å². The minimum atomic E-state index is -3.04. The molecule has 0 heterocycles. The van der Waals surface area contributed by atoms with Crippen LogP contribution in [0.25, 0.3) is 5.76 Å². The van der Waals surface area contributed by atoms with Crippen LogP contribution in [-0.2, 0) is 14.4 Å². The smallest absolute Gasteiger partial charge is 0.311 e. The Bertz CT molecular complexity index is 1280. The van der Waals surface area contributed by atoms with Gasteiger partial charge < -0.3 is 31.3 Å². The zero-order valence-electron chi connectivity index (χ0n) is 18.8. The summed E-state index contributed by atoms with van der Waals surface area (Å²) in [7, 11) is 2.81. The molecule has 0 spiro atoms. The van der Waals surface area contributed by atoms with E-state index in [1.54, 1.807) is 0 Å². The minimum Gasteiger partial charge on any atom is -0.508 e. The average molecular weight is 489 g/mol. The number of phenolic OH excluding ortho intramolecular Hbond substituents is 1. The summed E-state index contributed by atoms with van der Waals surface area (Å²) in [5.74, 6) is -10.7. The molecule has 1 amide bonds. The fourth-order valence-electron chi connectivity index (χ4n) is 5.75. The highest BCUT2D eigenvalue weighted by Gasteiger charge is 2.68. The second-order valence-electron chi connectivity index (χ2n) is 9.20. The normalized spacial score (nSPS) is 32.3. The van der Waals surface area contributed by atoms with Gasteiger partial charge in [-0.3, -0.25) is 29.4 Å². The maximum Gasteiger partial charge on any atom is 0.311 e. The van der Waals surface area contributed by atoms with Crippen molar-refractivity contribution in [3.63, 3.8) is 0 Å². The zero-order valence-corrected chi connectivity index (χ0v) is 18.8. The Morgan fingerprint density at radius 3 is 2.31 bits per heavy atom.